The van der Waals surface area contributed by atoms with Gasteiger partial charge in [-0.2, -0.15) is 0 Å². The van der Waals surface area contributed by atoms with Gasteiger partial charge in [0.05, 0.1) is 10.8 Å². The largest absolute Gasteiger partial charge is 0.325 e. The number of hydrogen-bond donors (Lipinski definition) is 1. The predicted octanol–water partition coefficient (Wildman–Crippen LogP) is 4.08. The van der Waals surface area contributed by atoms with Crippen molar-refractivity contribution in [2.24, 2.45) is 0 Å². The Hall–Kier alpha value is -1.52. The molecule has 3 nitrogen and oxygen atoms in total. The molecule has 0 saturated heterocycles. The fourth-order valence-electron chi connectivity index (χ4n) is 1.75. The molecule has 5 heteroatoms. The number of aryl methyl sites for hydroxylation is 2. The third-order valence-corrected chi connectivity index (χ3v) is 3.72. The van der Waals surface area contributed by atoms with Crippen LogP contribution in [0.25, 0.3) is 0 Å². The maximum atomic E-state index is 11.8. The molecular formula is C15H15ClN2OS. The molecule has 1 aromatic carbocycles. The van der Waals surface area contributed by atoms with Crippen LogP contribution >= 0.6 is 23.4 Å². The number of halogens is 1. The van der Waals surface area contributed by atoms with Crippen LogP contribution in [0, 0.1) is 13.8 Å². The summed E-state index contributed by atoms with van der Waals surface area (Å²) in [7, 11) is 0. The van der Waals surface area contributed by atoms with E-state index in [4.69, 9.17) is 11.6 Å². The Balaban J connectivity index is 1.90. The lowest BCUT2D eigenvalue weighted by atomic mass is 10.3. The molecule has 1 N–H and O–H groups in total. The minimum Gasteiger partial charge on any atom is -0.325 e. The van der Waals surface area contributed by atoms with E-state index in [9.17, 15) is 4.79 Å². The van der Waals surface area contributed by atoms with Crippen molar-refractivity contribution in [2.75, 3.05) is 11.1 Å². The van der Waals surface area contributed by atoms with Crippen LogP contribution in [-0.2, 0) is 4.79 Å². The second kappa shape index (κ2) is 6.77. The molecule has 1 aromatic heterocycles. The number of benzene rings is 1. The summed E-state index contributed by atoms with van der Waals surface area (Å²) in [6, 6.07) is 11.0. The zero-order chi connectivity index (χ0) is 14.5. The van der Waals surface area contributed by atoms with Crippen molar-refractivity contribution in [3.8, 4) is 0 Å². The number of thioether (sulfide) groups is 1. The fourth-order valence-corrected chi connectivity index (χ4v) is 2.70. The predicted molar refractivity (Wildman–Crippen MR) is 84.5 cm³/mol. The maximum absolute atomic E-state index is 11.8. The standard InChI is InChI=1S/C15H15ClN2OS/c1-10-7-11(2)17-15(8-10)20-9-14(19)18-13-5-3-12(16)4-6-13/h3-8H,9H2,1-2H3,(H,18,19). The van der Waals surface area contributed by atoms with E-state index in [-0.39, 0.29) is 5.91 Å². The van der Waals surface area contributed by atoms with E-state index in [0.717, 1.165) is 22.0 Å². The van der Waals surface area contributed by atoms with Crippen molar-refractivity contribution in [1.82, 2.24) is 4.98 Å². The summed E-state index contributed by atoms with van der Waals surface area (Å²) in [5, 5.41) is 4.34. The summed E-state index contributed by atoms with van der Waals surface area (Å²) in [6.07, 6.45) is 0. The lowest BCUT2D eigenvalue weighted by Gasteiger charge is -2.06. The molecule has 104 valence electrons. The van der Waals surface area contributed by atoms with E-state index in [0.29, 0.717) is 10.8 Å². The van der Waals surface area contributed by atoms with Gasteiger partial charge in [-0.15, -0.1) is 0 Å². The van der Waals surface area contributed by atoms with Crippen LogP contribution in [0.3, 0.4) is 0 Å². The topological polar surface area (TPSA) is 42.0 Å². The number of nitrogens with one attached hydrogen (secondary N) is 1. The first-order valence-electron chi connectivity index (χ1n) is 6.16. The number of rotatable bonds is 4. The molecule has 0 spiro atoms. The van der Waals surface area contributed by atoms with Gasteiger partial charge in [-0.1, -0.05) is 23.4 Å². The summed E-state index contributed by atoms with van der Waals surface area (Å²) < 4.78 is 0. The second-order valence-electron chi connectivity index (χ2n) is 4.47. The summed E-state index contributed by atoms with van der Waals surface area (Å²) in [5.74, 6) is 0.275. The van der Waals surface area contributed by atoms with Gasteiger partial charge in [0.25, 0.3) is 0 Å². The van der Waals surface area contributed by atoms with Crippen molar-refractivity contribution in [1.29, 1.82) is 0 Å². The Bertz CT molecular complexity index is 594. The summed E-state index contributed by atoms with van der Waals surface area (Å²) in [4.78, 5) is 16.2. The highest BCUT2D eigenvalue weighted by Gasteiger charge is 2.05. The molecule has 0 radical (unpaired) electrons. The Morgan fingerprint density at radius 1 is 1.25 bits per heavy atom. The number of carbonyl (C=O) groups excluding carboxylic acids is 1. The first-order chi connectivity index (χ1) is 9.52. The van der Waals surface area contributed by atoms with Crippen LogP contribution in [0.1, 0.15) is 11.3 Å². The summed E-state index contributed by atoms with van der Waals surface area (Å²) >= 11 is 7.22. The normalized spacial score (nSPS) is 10.3. The molecule has 0 atom stereocenters. The summed E-state index contributed by atoms with van der Waals surface area (Å²) in [5.41, 5.74) is 2.86. The number of anilines is 1. The minimum atomic E-state index is -0.0571. The van der Waals surface area contributed by atoms with Crippen LogP contribution < -0.4 is 5.32 Å². The van der Waals surface area contributed by atoms with Gasteiger partial charge in [-0.3, -0.25) is 4.79 Å². The number of amides is 1. The fraction of sp³-hybridized carbons (Fsp3) is 0.200. The van der Waals surface area contributed by atoms with Gasteiger partial charge in [-0.25, -0.2) is 4.98 Å². The van der Waals surface area contributed by atoms with E-state index >= 15 is 0 Å². The number of nitrogens with zero attached hydrogens (tertiary/aromatic N) is 1. The van der Waals surface area contributed by atoms with Crippen LogP contribution in [0.4, 0.5) is 5.69 Å². The van der Waals surface area contributed by atoms with E-state index in [1.54, 1.807) is 24.3 Å². The lowest BCUT2D eigenvalue weighted by Crippen LogP contribution is -2.14. The molecule has 0 aliphatic carbocycles. The molecule has 0 aliphatic heterocycles. The van der Waals surface area contributed by atoms with E-state index < -0.39 is 0 Å². The third kappa shape index (κ3) is 4.54. The van der Waals surface area contributed by atoms with E-state index in [1.807, 2.05) is 26.0 Å². The molecule has 20 heavy (non-hydrogen) atoms. The van der Waals surface area contributed by atoms with E-state index in [2.05, 4.69) is 10.3 Å². The molecule has 0 saturated carbocycles. The number of hydrogen-bond acceptors (Lipinski definition) is 3. The zero-order valence-electron chi connectivity index (χ0n) is 11.3. The van der Waals surface area contributed by atoms with Gasteiger partial charge in [0.1, 0.15) is 0 Å². The first kappa shape index (κ1) is 14.9. The minimum absolute atomic E-state index is 0.0571. The van der Waals surface area contributed by atoms with Crippen LogP contribution in [0.2, 0.25) is 5.02 Å². The van der Waals surface area contributed by atoms with Gasteiger partial charge < -0.3 is 5.32 Å². The SMILES string of the molecule is Cc1cc(C)nc(SCC(=O)Nc2ccc(Cl)cc2)c1. The van der Waals surface area contributed by atoms with Gasteiger partial charge in [0, 0.05) is 16.4 Å². The number of pyridine rings is 1. The van der Waals surface area contributed by atoms with Gasteiger partial charge in [0.2, 0.25) is 5.91 Å². The average Bonchev–Trinajstić information content (AvgIpc) is 2.38. The first-order valence-corrected chi connectivity index (χ1v) is 7.53. The van der Waals surface area contributed by atoms with Crippen molar-refractivity contribution in [2.45, 2.75) is 18.9 Å². The van der Waals surface area contributed by atoms with Crippen molar-refractivity contribution < 1.29 is 4.79 Å². The Kier molecular flexibility index (Phi) is 5.04. The molecule has 2 rings (SSSR count). The molecule has 2 aromatic rings. The highest BCUT2D eigenvalue weighted by molar-refractivity contribution is 7.99. The highest BCUT2D eigenvalue weighted by atomic mass is 35.5. The van der Waals surface area contributed by atoms with Crippen LogP contribution in [-0.4, -0.2) is 16.6 Å². The summed E-state index contributed by atoms with van der Waals surface area (Å²) in [6.45, 7) is 3.97. The quantitative estimate of drug-likeness (QED) is 0.865. The highest BCUT2D eigenvalue weighted by Crippen LogP contribution is 2.18. The maximum Gasteiger partial charge on any atom is 0.234 e. The average molecular weight is 307 g/mol. The third-order valence-electron chi connectivity index (χ3n) is 2.55. The van der Waals surface area contributed by atoms with Gasteiger partial charge in [0.15, 0.2) is 0 Å². The molecule has 0 bridgehead atoms. The van der Waals surface area contributed by atoms with Crippen molar-refractivity contribution in [3.63, 3.8) is 0 Å². The van der Waals surface area contributed by atoms with Crippen LogP contribution in [0.15, 0.2) is 41.4 Å². The van der Waals surface area contributed by atoms with Crippen molar-refractivity contribution >= 4 is 35.0 Å². The van der Waals surface area contributed by atoms with Gasteiger partial charge >= 0.3 is 0 Å². The number of carbonyl (C=O) groups is 1. The molecular weight excluding hydrogens is 292 g/mol. The molecule has 0 fully saturated rings. The van der Waals surface area contributed by atoms with Gasteiger partial charge in [-0.05, 0) is 55.8 Å². The Morgan fingerprint density at radius 2 is 1.95 bits per heavy atom. The number of aromatic nitrogens is 1. The van der Waals surface area contributed by atoms with E-state index in [1.165, 1.54) is 11.8 Å². The second-order valence-corrected chi connectivity index (χ2v) is 5.90. The van der Waals surface area contributed by atoms with Crippen molar-refractivity contribution in [3.05, 3.63) is 52.7 Å². The smallest absolute Gasteiger partial charge is 0.234 e. The molecule has 1 heterocycles. The Labute approximate surface area is 127 Å². The Morgan fingerprint density at radius 3 is 2.60 bits per heavy atom. The molecule has 0 aliphatic rings. The molecule has 1 amide bonds. The lowest BCUT2D eigenvalue weighted by molar-refractivity contribution is -0.113. The van der Waals surface area contributed by atoms with Crippen LogP contribution in [0.5, 0.6) is 0 Å². The monoisotopic (exact) mass is 306 g/mol. The molecule has 0 unspecified atom stereocenters. The zero-order valence-corrected chi connectivity index (χ0v) is 12.9.